The molecule has 2 fully saturated rings. The molecule has 0 aromatic carbocycles. The second-order valence-electron chi connectivity index (χ2n) is 7.87. The molecule has 21 heavy (non-hydrogen) atoms. The molecule has 1 N–H and O–H groups in total. The van der Waals surface area contributed by atoms with E-state index in [4.69, 9.17) is 4.74 Å². The van der Waals surface area contributed by atoms with Crippen LogP contribution in [-0.2, 0) is 4.74 Å². The van der Waals surface area contributed by atoms with Crippen molar-refractivity contribution in [2.45, 2.75) is 71.9 Å². The van der Waals surface area contributed by atoms with Crippen molar-refractivity contribution in [2.75, 3.05) is 32.8 Å². The van der Waals surface area contributed by atoms with Crippen molar-refractivity contribution >= 4 is 0 Å². The molecule has 0 radical (unpaired) electrons. The van der Waals surface area contributed by atoms with Crippen molar-refractivity contribution in [1.29, 1.82) is 0 Å². The predicted molar refractivity (Wildman–Crippen MR) is 89.7 cm³/mol. The van der Waals surface area contributed by atoms with Gasteiger partial charge in [0.2, 0.25) is 0 Å². The van der Waals surface area contributed by atoms with Crippen LogP contribution >= 0.6 is 0 Å². The lowest BCUT2D eigenvalue weighted by Crippen LogP contribution is -2.52. The zero-order chi connectivity index (χ0) is 15.3. The predicted octanol–water partition coefficient (Wildman–Crippen LogP) is 3.29. The van der Waals surface area contributed by atoms with E-state index in [0.717, 1.165) is 32.0 Å². The average Bonchev–Trinajstić information content (AvgIpc) is 2.45. The quantitative estimate of drug-likeness (QED) is 0.814. The van der Waals surface area contributed by atoms with E-state index >= 15 is 0 Å². The van der Waals surface area contributed by atoms with Gasteiger partial charge in [0.05, 0.1) is 12.7 Å². The monoisotopic (exact) mass is 296 g/mol. The number of rotatable bonds is 6. The molecule has 3 unspecified atom stereocenters. The van der Waals surface area contributed by atoms with Gasteiger partial charge in [-0.3, -0.25) is 4.90 Å². The SMILES string of the molecule is CCC1CN(CC2(CNC(C)C)CCCC(C)C2)CCO1. The Labute approximate surface area is 131 Å². The molecule has 0 amide bonds. The molecule has 0 aromatic heterocycles. The molecule has 3 atom stereocenters. The fraction of sp³-hybridized carbons (Fsp3) is 1.00. The first kappa shape index (κ1) is 17.2. The number of nitrogens with zero attached hydrogens (tertiary/aromatic N) is 1. The summed E-state index contributed by atoms with van der Waals surface area (Å²) < 4.78 is 5.84. The highest BCUT2D eigenvalue weighted by molar-refractivity contribution is 4.91. The first-order valence-electron chi connectivity index (χ1n) is 9.10. The summed E-state index contributed by atoms with van der Waals surface area (Å²) in [6, 6.07) is 0.590. The lowest BCUT2D eigenvalue weighted by molar-refractivity contribution is -0.0488. The minimum Gasteiger partial charge on any atom is -0.376 e. The van der Waals surface area contributed by atoms with E-state index in [0.29, 0.717) is 17.6 Å². The average molecular weight is 296 g/mol. The van der Waals surface area contributed by atoms with Gasteiger partial charge in [-0.1, -0.05) is 40.5 Å². The smallest absolute Gasteiger partial charge is 0.0700 e. The van der Waals surface area contributed by atoms with E-state index in [1.807, 2.05) is 0 Å². The van der Waals surface area contributed by atoms with Crippen LogP contribution in [0.25, 0.3) is 0 Å². The molecule has 1 aliphatic heterocycles. The van der Waals surface area contributed by atoms with E-state index in [1.165, 1.54) is 38.8 Å². The van der Waals surface area contributed by atoms with Gasteiger partial charge in [-0.25, -0.2) is 0 Å². The number of nitrogens with one attached hydrogen (secondary N) is 1. The largest absolute Gasteiger partial charge is 0.376 e. The Morgan fingerprint density at radius 2 is 2.19 bits per heavy atom. The molecule has 1 aliphatic carbocycles. The summed E-state index contributed by atoms with van der Waals surface area (Å²) >= 11 is 0. The Kier molecular flexibility index (Phi) is 6.51. The molecule has 124 valence electrons. The number of hydrogen-bond acceptors (Lipinski definition) is 3. The summed E-state index contributed by atoms with van der Waals surface area (Å²) in [5, 5.41) is 3.73. The van der Waals surface area contributed by atoms with E-state index < -0.39 is 0 Å². The third kappa shape index (κ3) is 5.22. The van der Waals surface area contributed by atoms with Crippen LogP contribution in [0, 0.1) is 11.3 Å². The first-order valence-corrected chi connectivity index (χ1v) is 9.10. The van der Waals surface area contributed by atoms with Crippen LogP contribution in [0.15, 0.2) is 0 Å². The van der Waals surface area contributed by atoms with E-state index in [9.17, 15) is 0 Å². The van der Waals surface area contributed by atoms with Crippen molar-refractivity contribution in [2.24, 2.45) is 11.3 Å². The summed E-state index contributed by atoms with van der Waals surface area (Å²) in [6.45, 7) is 14.8. The van der Waals surface area contributed by atoms with Crippen LogP contribution in [0.2, 0.25) is 0 Å². The molecule has 3 nitrogen and oxygen atoms in total. The topological polar surface area (TPSA) is 24.5 Å². The summed E-state index contributed by atoms with van der Waals surface area (Å²) in [5.74, 6) is 0.885. The standard InChI is InChI=1S/C18H36N2O/c1-5-17-12-20(9-10-21-17)14-18(13-19-15(2)3)8-6-7-16(4)11-18/h15-17,19H,5-14H2,1-4H3. The molecule has 2 rings (SSSR count). The van der Waals surface area contributed by atoms with Crippen molar-refractivity contribution in [3.05, 3.63) is 0 Å². The van der Waals surface area contributed by atoms with Gasteiger partial charge in [0.25, 0.3) is 0 Å². The zero-order valence-corrected chi connectivity index (χ0v) is 14.7. The fourth-order valence-electron chi connectivity index (χ4n) is 4.19. The maximum Gasteiger partial charge on any atom is 0.0700 e. The Hall–Kier alpha value is -0.120. The highest BCUT2D eigenvalue weighted by atomic mass is 16.5. The Morgan fingerprint density at radius 1 is 1.38 bits per heavy atom. The number of morpholine rings is 1. The Bertz CT molecular complexity index is 308. The van der Waals surface area contributed by atoms with Crippen LogP contribution in [0.1, 0.15) is 59.8 Å². The minimum absolute atomic E-state index is 0.454. The van der Waals surface area contributed by atoms with Crippen LogP contribution in [0.5, 0.6) is 0 Å². The Morgan fingerprint density at radius 3 is 2.86 bits per heavy atom. The van der Waals surface area contributed by atoms with Gasteiger partial charge in [0.1, 0.15) is 0 Å². The van der Waals surface area contributed by atoms with Crippen molar-refractivity contribution in [3.63, 3.8) is 0 Å². The molecular weight excluding hydrogens is 260 g/mol. The van der Waals surface area contributed by atoms with Gasteiger partial charge in [0, 0.05) is 32.2 Å². The third-order valence-corrected chi connectivity index (χ3v) is 5.31. The van der Waals surface area contributed by atoms with Gasteiger partial charge in [-0.2, -0.15) is 0 Å². The van der Waals surface area contributed by atoms with Gasteiger partial charge < -0.3 is 10.1 Å². The summed E-state index contributed by atoms with van der Waals surface area (Å²) in [7, 11) is 0. The van der Waals surface area contributed by atoms with Crippen molar-refractivity contribution in [1.82, 2.24) is 10.2 Å². The first-order chi connectivity index (χ1) is 10.0. The van der Waals surface area contributed by atoms with Crippen molar-refractivity contribution in [3.8, 4) is 0 Å². The molecule has 1 heterocycles. The molecular formula is C18H36N2O. The van der Waals surface area contributed by atoms with Crippen LogP contribution in [0.3, 0.4) is 0 Å². The Balaban J connectivity index is 1.97. The van der Waals surface area contributed by atoms with Crippen LogP contribution < -0.4 is 5.32 Å². The van der Waals surface area contributed by atoms with Gasteiger partial charge in [-0.15, -0.1) is 0 Å². The molecule has 0 spiro atoms. The van der Waals surface area contributed by atoms with E-state index in [-0.39, 0.29) is 0 Å². The van der Waals surface area contributed by atoms with E-state index in [2.05, 4.69) is 37.9 Å². The molecule has 3 heteroatoms. The second-order valence-corrected chi connectivity index (χ2v) is 7.87. The summed E-state index contributed by atoms with van der Waals surface area (Å²) in [4.78, 5) is 2.68. The molecule has 1 saturated heterocycles. The highest BCUT2D eigenvalue weighted by Crippen LogP contribution is 2.40. The lowest BCUT2D eigenvalue weighted by Gasteiger charge is -2.45. The molecule has 0 aromatic rings. The summed E-state index contributed by atoms with van der Waals surface area (Å²) in [5.41, 5.74) is 0.484. The third-order valence-electron chi connectivity index (χ3n) is 5.31. The minimum atomic E-state index is 0.454. The van der Waals surface area contributed by atoms with Crippen LogP contribution in [-0.4, -0.2) is 49.8 Å². The molecule has 0 bridgehead atoms. The maximum absolute atomic E-state index is 5.84. The zero-order valence-electron chi connectivity index (χ0n) is 14.7. The number of hydrogen-bond donors (Lipinski definition) is 1. The maximum atomic E-state index is 5.84. The fourth-order valence-corrected chi connectivity index (χ4v) is 4.19. The second kappa shape index (κ2) is 7.94. The number of ether oxygens (including phenoxy) is 1. The summed E-state index contributed by atoms with van der Waals surface area (Å²) in [6.07, 6.45) is 7.21. The molecule has 1 saturated carbocycles. The van der Waals surface area contributed by atoms with E-state index in [1.54, 1.807) is 0 Å². The van der Waals surface area contributed by atoms with Crippen LogP contribution in [0.4, 0.5) is 0 Å². The van der Waals surface area contributed by atoms with Gasteiger partial charge >= 0.3 is 0 Å². The van der Waals surface area contributed by atoms with Gasteiger partial charge in [0.15, 0.2) is 0 Å². The highest BCUT2D eigenvalue weighted by Gasteiger charge is 2.37. The lowest BCUT2D eigenvalue weighted by atomic mass is 9.69. The van der Waals surface area contributed by atoms with Gasteiger partial charge in [-0.05, 0) is 30.6 Å². The normalized spacial score (nSPS) is 35.3. The molecule has 2 aliphatic rings. The van der Waals surface area contributed by atoms with Crippen molar-refractivity contribution < 1.29 is 4.74 Å².